The number of aliphatic imine (C=N–C) groups is 1. The fourth-order valence-corrected chi connectivity index (χ4v) is 3.82. The number of hydrazine groups is 1. The van der Waals surface area contributed by atoms with Crippen molar-refractivity contribution < 1.29 is 33.5 Å². The van der Waals surface area contributed by atoms with Crippen LogP contribution in [0, 0.1) is 0 Å². The van der Waals surface area contributed by atoms with Gasteiger partial charge in [0.15, 0.2) is 5.70 Å². The number of amides is 3. The first-order valence-electron chi connectivity index (χ1n) is 11.9. The highest BCUT2D eigenvalue weighted by molar-refractivity contribution is 6.45. The summed E-state index contributed by atoms with van der Waals surface area (Å²) >= 11 is 0. The minimum absolute atomic E-state index is 0.0479. The number of piperazine rings is 1. The molecule has 0 aliphatic carbocycles. The summed E-state index contributed by atoms with van der Waals surface area (Å²) in [5.74, 6) is -1.37. The number of carbonyl (C=O) groups excluding carboxylic acids is 4. The Balaban J connectivity index is 1.64. The van der Waals surface area contributed by atoms with Crippen LogP contribution in [-0.4, -0.2) is 79.3 Å². The highest BCUT2D eigenvalue weighted by atomic mass is 16.7. The standard InChI is InChI=1S/C26H27N5O7/c1-3-37-26(35)30-15-13-29(14-16-30)24(33)21(27-23(32)18-7-5-4-6-8-18)17-22-25(34)38-28-31(22)19-9-11-20(36-2)12-10-19/h4-12,17,28H,3,13-16H2,1-2H3/b22-17+,27-21?. The first kappa shape index (κ1) is 26.4. The minimum Gasteiger partial charge on any atom is -0.497 e. The van der Waals surface area contributed by atoms with Gasteiger partial charge in [0.05, 0.1) is 19.4 Å². The number of methoxy groups -OCH3 is 1. The van der Waals surface area contributed by atoms with E-state index < -0.39 is 23.9 Å². The summed E-state index contributed by atoms with van der Waals surface area (Å²) in [6.07, 6.45) is 0.762. The van der Waals surface area contributed by atoms with Crippen LogP contribution in [0.15, 0.2) is 71.4 Å². The van der Waals surface area contributed by atoms with Crippen LogP contribution in [0.1, 0.15) is 17.3 Å². The molecule has 4 rings (SSSR count). The summed E-state index contributed by atoms with van der Waals surface area (Å²) in [7, 11) is 1.53. The third-order valence-electron chi connectivity index (χ3n) is 5.84. The van der Waals surface area contributed by atoms with Crippen LogP contribution in [0.5, 0.6) is 5.75 Å². The van der Waals surface area contributed by atoms with E-state index in [1.807, 2.05) is 0 Å². The minimum atomic E-state index is -0.763. The molecule has 0 spiro atoms. The molecule has 3 amide bonds. The summed E-state index contributed by atoms with van der Waals surface area (Å²) in [5.41, 5.74) is 3.00. The lowest BCUT2D eigenvalue weighted by Gasteiger charge is -2.34. The topological polar surface area (TPSA) is 130 Å². The van der Waals surface area contributed by atoms with Gasteiger partial charge in [-0.25, -0.2) is 19.6 Å². The fourth-order valence-electron chi connectivity index (χ4n) is 3.82. The van der Waals surface area contributed by atoms with E-state index in [0.29, 0.717) is 11.4 Å². The number of ether oxygens (including phenoxy) is 2. The average molecular weight is 522 g/mol. The van der Waals surface area contributed by atoms with Gasteiger partial charge in [-0.15, -0.1) is 0 Å². The van der Waals surface area contributed by atoms with Crippen molar-refractivity contribution in [3.8, 4) is 5.75 Å². The average Bonchev–Trinajstić information content (AvgIpc) is 3.32. The van der Waals surface area contributed by atoms with Crippen molar-refractivity contribution in [1.82, 2.24) is 15.4 Å². The van der Waals surface area contributed by atoms with Crippen LogP contribution >= 0.6 is 0 Å². The summed E-state index contributed by atoms with van der Waals surface area (Å²) in [6, 6.07) is 15.0. The van der Waals surface area contributed by atoms with Gasteiger partial charge in [-0.3, -0.25) is 9.59 Å². The Morgan fingerprint density at radius 1 is 1.00 bits per heavy atom. The number of hydrogen-bond acceptors (Lipinski definition) is 9. The number of carbonyl (C=O) groups is 4. The van der Waals surface area contributed by atoms with Crippen molar-refractivity contribution in [3.63, 3.8) is 0 Å². The van der Waals surface area contributed by atoms with Crippen LogP contribution in [0.4, 0.5) is 10.5 Å². The molecule has 12 nitrogen and oxygen atoms in total. The molecule has 1 N–H and O–H groups in total. The number of anilines is 1. The first-order chi connectivity index (χ1) is 18.4. The third-order valence-corrected chi connectivity index (χ3v) is 5.84. The zero-order chi connectivity index (χ0) is 27.1. The van der Waals surface area contributed by atoms with Crippen LogP contribution in [0.2, 0.25) is 0 Å². The lowest BCUT2D eigenvalue weighted by Crippen LogP contribution is -2.52. The van der Waals surface area contributed by atoms with Crippen LogP contribution in [0.25, 0.3) is 0 Å². The molecular formula is C26H27N5O7. The molecule has 0 aromatic heterocycles. The van der Waals surface area contributed by atoms with Crippen molar-refractivity contribution in [3.05, 3.63) is 71.9 Å². The Morgan fingerprint density at radius 3 is 2.29 bits per heavy atom. The Labute approximate surface area is 219 Å². The number of hydrogen-bond donors (Lipinski definition) is 1. The molecule has 2 saturated heterocycles. The van der Waals surface area contributed by atoms with E-state index in [2.05, 4.69) is 10.6 Å². The van der Waals surface area contributed by atoms with Gasteiger partial charge in [0.1, 0.15) is 11.5 Å². The Bertz CT molecular complexity index is 1250. The largest absolute Gasteiger partial charge is 0.497 e. The molecule has 2 aliphatic rings. The molecule has 38 heavy (non-hydrogen) atoms. The molecule has 2 fully saturated rings. The second-order valence-electron chi connectivity index (χ2n) is 8.19. The zero-order valence-corrected chi connectivity index (χ0v) is 21.0. The Morgan fingerprint density at radius 2 is 1.66 bits per heavy atom. The monoisotopic (exact) mass is 521 g/mol. The summed E-state index contributed by atoms with van der Waals surface area (Å²) in [4.78, 5) is 63.1. The van der Waals surface area contributed by atoms with E-state index >= 15 is 0 Å². The highest BCUT2D eigenvalue weighted by Crippen LogP contribution is 2.24. The number of rotatable bonds is 6. The van der Waals surface area contributed by atoms with E-state index in [1.54, 1.807) is 61.5 Å². The van der Waals surface area contributed by atoms with Crippen molar-refractivity contribution in [2.75, 3.05) is 44.9 Å². The fraction of sp³-hybridized carbons (Fsp3) is 0.269. The van der Waals surface area contributed by atoms with Crippen LogP contribution in [-0.2, 0) is 19.2 Å². The second-order valence-corrected chi connectivity index (χ2v) is 8.19. The smallest absolute Gasteiger partial charge is 0.409 e. The maximum Gasteiger partial charge on any atom is 0.409 e. The van der Waals surface area contributed by atoms with Gasteiger partial charge in [0.25, 0.3) is 11.8 Å². The quantitative estimate of drug-likeness (QED) is 0.448. The molecular weight excluding hydrogens is 494 g/mol. The molecule has 0 unspecified atom stereocenters. The molecule has 0 atom stereocenters. The van der Waals surface area contributed by atoms with Crippen LogP contribution in [0.3, 0.4) is 0 Å². The van der Waals surface area contributed by atoms with Crippen molar-refractivity contribution in [1.29, 1.82) is 0 Å². The predicted octanol–water partition coefficient (Wildman–Crippen LogP) is 1.94. The molecule has 2 aromatic carbocycles. The van der Waals surface area contributed by atoms with Gasteiger partial charge < -0.3 is 24.1 Å². The van der Waals surface area contributed by atoms with Gasteiger partial charge in [-0.1, -0.05) is 23.8 Å². The molecule has 2 heterocycles. The molecule has 12 heteroatoms. The molecule has 0 radical (unpaired) electrons. The zero-order valence-electron chi connectivity index (χ0n) is 21.0. The molecule has 0 saturated carbocycles. The molecule has 2 aromatic rings. The normalized spacial score (nSPS) is 16.9. The van der Waals surface area contributed by atoms with Crippen LogP contribution < -0.4 is 15.3 Å². The van der Waals surface area contributed by atoms with Crippen molar-refractivity contribution in [2.45, 2.75) is 6.92 Å². The number of nitrogens with one attached hydrogen (secondary N) is 1. The molecule has 0 bridgehead atoms. The van der Waals surface area contributed by atoms with Crippen molar-refractivity contribution >= 4 is 35.3 Å². The third kappa shape index (κ3) is 5.98. The second kappa shape index (κ2) is 12.0. The maximum atomic E-state index is 13.5. The van der Waals surface area contributed by atoms with E-state index in [0.717, 1.165) is 0 Å². The van der Waals surface area contributed by atoms with E-state index in [1.165, 1.54) is 28.0 Å². The van der Waals surface area contributed by atoms with Gasteiger partial charge in [0, 0.05) is 37.8 Å². The van der Waals surface area contributed by atoms with Gasteiger partial charge in [0.2, 0.25) is 0 Å². The van der Waals surface area contributed by atoms with E-state index in [-0.39, 0.29) is 49.8 Å². The van der Waals surface area contributed by atoms with Gasteiger partial charge in [-0.2, -0.15) is 0 Å². The number of nitrogens with zero attached hydrogens (tertiary/aromatic N) is 4. The van der Waals surface area contributed by atoms with Gasteiger partial charge >= 0.3 is 12.1 Å². The lowest BCUT2D eigenvalue weighted by atomic mass is 10.2. The van der Waals surface area contributed by atoms with Gasteiger partial charge in [-0.05, 0) is 43.3 Å². The van der Waals surface area contributed by atoms with Crippen molar-refractivity contribution in [2.24, 2.45) is 4.99 Å². The summed E-state index contributed by atoms with van der Waals surface area (Å²) in [6.45, 7) is 2.87. The summed E-state index contributed by atoms with van der Waals surface area (Å²) in [5, 5.41) is 1.33. The molecule has 198 valence electrons. The first-order valence-corrected chi connectivity index (χ1v) is 11.9. The SMILES string of the molecule is CCOC(=O)N1CCN(C(=O)C(/C=C2\C(=O)ONN2c2ccc(OC)cc2)=NC(=O)c2ccccc2)CC1. The summed E-state index contributed by atoms with van der Waals surface area (Å²) < 4.78 is 10.2. The predicted molar refractivity (Wildman–Crippen MR) is 136 cm³/mol. The Hall–Kier alpha value is -4.71. The number of benzene rings is 2. The highest BCUT2D eigenvalue weighted by Gasteiger charge is 2.33. The van der Waals surface area contributed by atoms with E-state index in [4.69, 9.17) is 14.3 Å². The lowest BCUT2D eigenvalue weighted by molar-refractivity contribution is -0.140. The molecule has 2 aliphatic heterocycles. The van der Waals surface area contributed by atoms with E-state index in [9.17, 15) is 19.2 Å². The maximum absolute atomic E-state index is 13.5. The Kier molecular flexibility index (Phi) is 8.34.